The summed E-state index contributed by atoms with van der Waals surface area (Å²) in [4.78, 5) is -0.490. The second-order valence-corrected chi connectivity index (χ2v) is 4.34. The van der Waals surface area contributed by atoms with Crippen LogP contribution in [0.3, 0.4) is 0 Å². The maximum atomic E-state index is 10.9. The Morgan fingerprint density at radius 1 is 1.15 bits per heavy atom. The zero-order chi connectivity index (χ0) is 14.1. The van der Waals surface area contributed by atoms with Crippen LogP contribution < -0.4 is 15.6 Å². The molecule has 2 N–H and O–H groups in total. The lowest BCUT2D eigenvalue weighted by Crippen LogP contribution is -2.21. The molecule has 2 aliphatic rings. The van der Waals surface area contributed by atoms with Gasteiger partial charge in [0.1, 0.15) is 5.69 Å². The van der Waals surface area contributed by atoms with E-state index in [0.29, 0.717) is 11.4 Å². The molecule has 0 saturated heterocycles. The minimum atomic E-state index is -0.490. The van der Waals surface area contributed by atoms with Gasteiger partial charge in [0.2, 0.25) is 5.69 Å². The molecule has 0 atom stereocenters. The number of aryl methyl sites for hydroxylation is 1. The van der Waals surface area contributed by atoms with Crippen LogP contribution in [-0.4, -0.2) is 10.3 Å². The fourth-order valence-electron chi connectivity index (χ4n) is 2.00. The fraction of sp³-hybridized carbons (Fsp3) is 0.0769. The molecular formula is C13H11N4O3-. The number of nitrogens with zero attached hydrogens (tertiary/aromatic N) is 2. The average molecular weight is 271 g/mol. The minimum absolute atomic E-state index is 0.0969. The molecule has 0 amide bonds. The van der Waals surface area contributed by atoms with Crippen LogP contribution in [0, 0.1) is 17.3 Å². The van der Waals surface area contributed by atoms with Gasteiger partial charge in [-0.25, -0.2) is 0 Å². The lowest BCUT2D eigenvalue weighted by Gasteiger charge is -2.11. The molecule has 0 saturated carbocycles. The van der Waals surface area contributed by atoms with Gasteiger partial charge in [-0.15, -0.1) is 0 Å². The van der Waals surface area contributed by atoms with Crippen molar-refractivity contribution in [3.63, 3.8) is 0 Å². The first kappa shape index (κ1) is 12.1. The van der Waals surface area contributed by atoms with Crippen molar-refractivity contribution in [3.05, 3.63) is 57.7 Å². The highest BCUT2D eigenvalue weighted by molar-refractivity contribution is 5.77. The van der Waals surface area contributed by atoms with Crippen LogP contribution in [0.15, 0.2) is 41.0 Å². The Bertz CT molecular complexity index is 786. The van der Waals surface area contributed by atoms with Gasteiger partial charge in [-0.1, -0.05) is 18.2 Å². The molecule has 0 aromatic heterocycles. The monoisotopic (exact) mass is 271 g/mol. The summed E-state index contributed by atoms with van der Waals surface area (Å²) in [6, 6.07) is 10.8. The Labute approximate surface area is 113 Å². The molecular weight excluding hydrogens is 260 g/mol. The van der Waals surface area contributed by atoms with Gasteiger partial charge in [-0.3, -0.25) is 4.63 Å². The lowest BCUT2D eigenvalue weighted by atomic mass is 10.1. The SMILES string of the molecule is Cc1ccccc1Nc1ccc(=[N+]([O-])[O-])c2no[nH]c1-2. The number of aromatic amines is 1. The van der Waals surface area contributed by atoms with Crippen molar-refractivity contribution in [3.8, 4) is 11.4 Å². The number of hydrogen-bond donors (Lipinski definition) is 2. The Morgan fingerprint density at radius 3 is 2.70 bits per heavy atom. The molecule has 1 aromatic carbocycles. The highest BCUT2D eigenvalue weighted by Gasteiger charge is 2.18. The van der Waals surface area contributed by atoms with Gasteiger partial charge in [0.25, 0.3) is 5.36 Å². The molecule has 20 heavy (non-hydrogen) atoms. The topological polar surface area (TPSA) is 103 Å². The van der Waals surface area contributed by atoms with Crippen LogP contribution in [0.4, 0.5) is 11.4 Å². The third-order valence-electron chi connectivity index (χ3n) is 3.05. The summed E-state index contributed by atoms with van der Waals surface area (Å²) in [5, 5.41) is 31.2. The van der Waals surface area contributed by atoms with Gasteiger partial charge in [0.05, 0.1) is 5.69 Å². The minimum Gasteiger partial charge on any atom is -0.612 e. The number of para-hydroxylation sites is 1. The maximum absolute atomic E-state index is 10.9. The smallest absolute Gasteiger partial charge is 0.254 e. The van der Waals surface area contributed by atoms with Crippen LogP contribution in [0.2, 0.25) is 0 Å². The van der Waals surface area contributed by atoms with E-state index in [1.165, 1.54) is 6.07 Å². The van der Waals surface area contributed by atoms with E-state index in [1.807, 2.05) is 31.2 Å². The summed E-state index contributed by atoms with van der Waals surface area (Å²) in [6.07, 6.45) is 0. The number of fused-ring (bicyclic) bond motifs is 1. The van der Waals surface area contributed by atoms with Crippen molar-refractivity contribution in [1.82, 2.24) is 15.2 Å². The number of anilines is 2. The van der Waals surface area contributed by atoms with Crippen LogP contribution in [0.1, 0.15) is 5.56 Å². The highest BCUT2D eigenvalue weighted by atomic mass is 16.8. The second kappa shape index (κ2) is 4.61. The van der Waals surface area contributed by atoms with E-state index < -0.39 is 4.90 Å². The number of nitrogens with one attached hydrogen (secondary N) is 2. The highest BCUT2D eigenvalue weighted by Crippen LogP contribution is 2.27. The second-order valence-electron chi connectivity index (χ2n) is 4.34. The molecule has 0 fully saturated rings. The molecule has 102 valence electrons. The molecule has 1 heterocycles. The molecule has 1 aliphatic carbocycles. The van der Waals surface area contributed by atoms with E-state index in [0.717, 1.165) is 11.3 Å². The Morgan fingerprint density at radius 2 is 1.95 bits per heavy atom. The van der Waals surface area contributed by atoms with Gasteiger partial charge in [-0.05, 0) is 29.8 Å². The van der Waals surface area contributed by atoms with Gasteiger partial charge in [-0.2, -0.15) is 10.1 Å². The standard InChI is InChI=1S/C13H11N4O3/c1-8-4-2-3-5-9(8)14-10-6-7-11(17(18)19)13-12(10)15-20-16-13/h2-7,14-15H,1H3/q-1. The van der Waals surface area contributed by atoms with Gasteiger partial charge < -0.3 is 15.7 Å². The summed E-state index contributed by atoms with van der Waals surface area (Å²) in [7, 11) is 0. The fourth-order valence-corrected chi connectivity index (χ4v) is 2.00. The molecule has 0 bridgehead atoms. The third kappa shape index (κ3) is 1.95. The molecule has 0 unspecified atom stereocenters. The van der Waals surface area contributed by atoms with Crippen LogP contribution in [0.25, 0.3) is 11.4 Å². The molecule has 1 aliphatic heterocycles. The molecule has 0 spiro atoms. The van der Waals surface area contributed by atoms with Crippen LogP contribution in [-0.2, 0) is 0 Å². The van der Waals surface area contributed by atoms with Crippen molar-refractivity contribution >= 4 is 11.4 Å². The third-order valence-corrected chi connectivity index (χ3v) is 3.05. The molecule has 7 heteroatoms. The number of benzene rings is 2. The van der Waals surface area contributed by atoms with E-state index in [1.54, 1.807) is 6.07 Å². The summed E-state index contributed by atoms with van der Waals surface area (Å²) >= 11 is 0. The number of rotatable bonds is 2. The van der Waals surface area contributed by atoms with E-state index in [9.17, 15) is 10.4 Å². The first-order chi connectivity index (χ1) is 9.66. The van der Waals surface area contributed by atoms with E-state index >= 15 is 0 Å². The molecule has 0 radical (unpaired) electrons. The molecule has 3 rings (SSSR count). The predicted octanol–water partition coefficient (Wildman–Crippen LogP) is 1.93. The predicted molar refractivity (Wildman–Crippen MR) is 73.9 cm³/mol. The Kier molecular flexibility index (Phi) is 2.79. The molecule has 7 nitrogen and oxygen atoms in total. The number of H-pyrrole nitrogens is 1. The van der Waals surface area contributed by atoms with Gasteiger partial charge in [0.15, 0.2) is 0 Å². The average Bonchev–Trinajstić information content (AvgIpc) is 2.90. The number of hydrogen-bond acceptors (Lipinski definition) is 5. The number of aromatic nitrogens is 2. The molecule has 1 aromatic rings. The maximum Gasteiger partial charge on any atom is 0.254 e. The Balaban J connectivity index is 2.11. The van der Waals surface area contributed by atoms with Crippen molar-refractivity contribution in [2.45, 2.75) is 6.92 Å². The zero-order valence-electron chi connectivity index (χ0n) is 10.6. The summed E-state index contributed by atoms with van der Waals surface area (Å²) in [5.41, 5.74) is 3.30. The Hall–Kier alpha value is -2.96. The summed E-state index contributed by atoms with van der Waals surface area (Å²) in [5.74, 6) is 0. The van der Waals surface area contributed by atoms with Gasteiger partial charge >= 0.3 is 0 Å². The first-order valence-corrected chi connectivity index (χ1v) is 5.94. The van der Waals surface area contributed by atoms with E-state index in [4.69, 9.17) is 4.63 Å². The van der Waals surface area contributed by atoms with Crippen molar-refractivity contribution in [1.29, 1.82) is 0 Å². The zero-order valence-corrected chi connectivity index (χ0v) is 10.6. The lowest BCUT2D eigenvalue weighted by molar-refractivity contribution is 0.312. The first-order valence-electron chi connectivity index (χ1n) is 5.94. The summed E-state index contributed by atoms with van der Waals surface area (Å²) < 4.78 is 4.74. The quantitative estimate of drug-likeness (QED) is 0.693. The van der Waals surface area contributed by atoms with Crippen LogP contribution in [0.5, 0.6) is 0 Å². The van der Waals surface area contributed by atoms with Gasteiger partial charge in [0, 0.05) is 11.8 Å². The van der Waals surface area contributed by atoms with Crippen molar-refractivity contribution in [2.75, 3.05) is 5.32 Å². The normalized spacial score (nSPS) is 10.7. The largest absolute Gasteiger partial charge is 0.612 e. The van der Waals surface area contributed by atoms with E-state index in [-0.39, 0.29) is 11.1 Å². The van der Waals surface area contributed by atoms with Crippen molar-refractivity contribution < 1.29 is 4.63 Å². The van der Waals surface area contributed by atoms with E-state index in [2.05, 4.69) is 15.6 Å². The van der Waals surface area contributed by atoms with Crippen molar-refractivity contribution in [2.24, 2.45) is 0 Å². The summed E-state index contributed by atoms with van der Waals surface area (Å²) in [6.45, 7) is 1.97. The van der Waals surface area contributed by atoms with Crippen LogP contribution >= 0.6 is 0 Å².